The molecular formula is C12H18FNO. The third-order valence-corrected chi connectivity index (χ3v) is 2.12. The lowest BCUT2D eigenvalue weighted by Crippen LogP contribution is -2.19. The molecule has 0 aliphatic heterocycles. The molecule has 0 fully saturated rings. The summed E-state index contributed by atoms with van der Waals surface area (Å²) in [6.45, 7) is 5.35. The first-order valence-corrected chi connectivity index (χ1v) is 5.36. The molecule has 0 saturated heterocycles. The number of hydrogen-bond donors (Lipinski definition) is 1. The van der Waals surface area contributed by atoms with Crippen LogP contribution < -0.4 is 5.32 Å². The maximum absolute atomic E-state index is 12.6. The average molecular weight is 211 g/mol. The van der Waals surface area contributed by atoms with Crippen molar-refractivity contribution in [2.75, 3.05) is 26.3 Å². The molecule has 1 aromatic carbocycles. The number of hydrogen-bond acceptors (Lipinski definition) is 2. The van der Waals surface area contributed by atoms with Gasteiger partial charge in [-0.1, -0.05) is 19.1 Å². The molecule has 84 valence electrons. The first-order chi connectivity index (χ1) is 7.33. The van der Waals surface area contributed by atoms with Crippen LogP contribution in [0.3, 0.4) is 0 Å². The van der Waals surface area contributed by atoms with E-state index in [2.05, 4.69) is 12.2 Å². The summed E-state index contributed by atoms with van der Waals surface area (Å²) in [6, 6.07) is 6.55. The Kier molecular flexibility index (Phi) is 5.97. The first kappa shape index (κ1) is 12.1. The highest BCUT2D eigenvalue weighted by molar-refractivity contribution is 5.15. The standard InChI is InChI=1S/C12H18FNO/c1-2-14-8-10-15-9-7-11-3-5-12(13)6-4-11/h3-6,14H,2,7-10H2,1H3. The third kappa shape index (κ3) is 5.50. The maximum atomic E-state index is 12.6. The number of halogens is 1. The number of rotatable bonds is 7. The van der Waals surface area contributed by atoms with Gasteiger partial charge in [0.05, 0.1) is 13.2 Å². The fourth-order valence-corrected chi connectivity index (χ4v) is 1.26. The van der Waals surface area contributed by atoms with Gasteiger partial charge in [-0.2, -0.15) is 0 Å². The van der Waals surface area contributed by atoms with Gasteiger partial charge in [0.2, 0.25) is 0 Å². The van der Waals surface area contributed by atoms with Crippen LogP contribution in [0.5, 0.6) is 0 Å². The highest BCUT2D eigenvalue weighted by Crippen LogP contribution is 2.03. The van der Waals surface area contributed by atoms with Crippen molar-refractivity contribution in [3.8, 4) is 0 Å². The molecule has 15 heavy (non-hydrogen) atoms. The zero-order chi connectivity index (χ0) is 10.9. The van der Waals surface area contributed by atoms with Crippen molar-refractivity contribution >= 4 is 0 Å². The van der Waals surface area contributed by atoms with E-state index < -0.39 is 0 Å². The van der Waals surface area contributed by atoms with E-state index in [1.165, 1.54) is 12.1 Å². The van der Waals surface area contributed by atoms with Crippen LogP contribution in [-0.4, -0.2) is 26.3 Å². The quantitative estimate of drug-likeness (QED) is 0.696. The molecule has 0 amide bonds. The zero-order valence-electron chi connectivity index (χ0n) is 9.13. The fourth-order valence-electron chi connectivity index (χ4n) is 1.26. The largest absolute Gasteiger partial charge is 0.380 e. The number of likely N-dealkylation sites (N-methyl/N-ethyl adjacent to an activating group) is 1. The van der Waals surface area contributed by atoms with Crippen molar-refractivity contribution in [2.45, 2.75) is 13.3 Å². The molecule has 1 N–H and O–H groups in total. The predicted molar refractivity (Wildman–Crippen MR) is 59.5 cm³/mol. The van der Waals surface area contributed by atoms with E-state index in [0.29, 0.717) is 6.61 Å². The Balaban J connectivity index is 2.07. The monoisotopic (exact) mass is 211 g/mol. The highest BCUT2D eigenvalue weighted by Gasteiger charge is 1.94. The van der Waals surface area contributed by atoms with Crippen LogP contribution in [0, 0.1) is 5.82 Å². The molecule has 1 rings (SSSR count). The number of ether oxygens (including phenoxy) is 1. The topological polar surface area (TPSA) is 21.3 Å². The van der Waals surface area contributed by atoms with Crippen molar-refractivity contribution in [1.29, 1.82) is 0 Å². The van der Waals surface area contributed by atoms with E-state index in [-0.39, 0.29) is 5.82 Å². The molecule has 1 aromatic rings. The van der Waals surface area contributed by atoms with Crippen molar-refractivity contribution in [3.63, 3.8) is 0 Å². The molecule has 0 aromatic heterocycles. The second-order valence-corrected chi connectivity index (χ2v) is 3.34. The minimum atomic E-state index is -0.188. The summed E-state index contributed by atoms with van der Waals surface area (Å²) in [6.07, 6.45) is 0.840. The van der Waals surface area contributed by atoms with Gasteiger partial charge in [-0.15, -0.1) is 0 Å². The predicted octanol–water partition coefficient (Wildman–Crippen LogP) is 1.99. The highest BCUT2D eigenvalue weighted by atomic mass is 19.1. The summed E-state index contributed by atoms with van der Waals surface area (Å²) in [4.78, 5) is 0. The van der Waals surface area contributed by atoms with E-state index in [1.54, 1.807) is 12.1 Å². The van der Waals surface area contributed by atoms with E-state index in [0.717, 1.165) is 31.7 Å². The van der Waals surface area contributed by atoms with Crippen LogP contribution in [0.1, 0.15) is 12.5 Å². The average Bonchev–Trinajstić information content (AvgIpc) is 2.26. The lowest BCUT2D eigenvalue weighted by atomic mass is 10.2. The molecule has 0 saturated carbocycles. The molecule has 0 heterocycles. The Bertz CT molecular complexity index is 261. The number of benzene rings is 1. The summed E-state index contributed by atoms with van der Waals surface area (Å²) < 4.78 is 18.0. The van der Waals surface area contributed by atoms with Crippen LogP contribution in [0.25, 0.3) is 0 Å². The summed E-state index contributed by atoms with van der Waals surface area (Å²) in [5, 5.41) is 3.18. The molecule has 0 unspecified atom stereocenters. The van der Waals surface area contributed by atoms with Crippen molar-refractivity contribution in [3.05, 3.63) is 35.6 Å². The summed E-state index contributed by atoms with van der Waals surface area (Å²) in [7, 11) is 0. The Morgan fingerprint density at radius 3 is 2.60 bits per heavy atom. The van der Waals surface area contributed by atoms with Crippen molar-refractivity contribution < 1.29 is 9.13 Å². The van der Waals surface area contributed by atoms with Crippen LogP contribution in [0.4, 0.5) is 4.39 Å². The molecular weight excluding hydrogens is 193 g/mol. The van der Waals surface area contributed by atoms with Crippen LogP contribution in [0.15, 0.2) is 24.3 Å². The Morgan fingerprint density at radius 1 is 1.20 bits per heavy atom. The molecule has 0 atom stereocenters. The summed E-state index contributed by atoms with van der Waals surface area (Å²) >= 11 is 0. The molecule has 0 radical (unpaired) electrons. The molecule has 2 nitrogen and oxygen atoms in total. The lowest BCUT2D eigenvalue weighted by molar-refractivity contribution is 0.139. The van der Waals surface area contributed by atoms with Gasteiger partial charge in [0.15, 0.2) is 0 Å². The first-order valence-electron chi connectivity index (χ1n) is 5.36. The van der Waals surface area contributed by atoms with E-state index >= 15 is 0 Å². The zero-order valence-corrected chi connectivity index (χ0v) is 9.13. The Hall–Kier alpha value is -0.930. The molecule has 0 aliphatic rings. The maximum Gasteiger partial charge on any atom is 0.123 e. The second kappa shape index (κ2) is 7.37. The fraction of sp³-hybridized carbons (Fsp3) is 0.500. The Morgan fingerprint density at radius 2 is 1.93 bits per heavy atom. The molecule has 0 aliphatic carbocycles. The lowest BCUT2D eigenvalue weighted by Gasteiger charge is -2.04. The van der Waals surface area contributed by atoms with Gasteiger partial charge in [0.25, 0.3) is 0 Å². The van der Waals surface area contributed by atoms with Gasteiger partial charge >= 0.3 is 0 Å². The van der Waals surface area contributed by atoms with Crippen LogP contribution >= 0.6 is 0 Å². The molecule has 0 spiro atoms. The SMILES string of the molecule is CCNCCOCCc1ccc(F)cc1. The minimum Gasteiger partial charge on any atom is -0.380 e. The van der Waals surface area contributed by atoms with Crippen LogP contribution in [-0.2, 0) is 11.2 Å². The van der Waals surface area contributed by atoms with Crippen LogP contribution in [0.2, 0.25) is 0 Å². The van der Waals surface area contributed by atoms with Gasteiger partial charge in [0, 0.05) is 6.54 Å². The molecule has 3 heteroatoms. The van der Waals surface area contributed by atoms with Crippen molar-refractivity contribution in [2.24, 2.45) is 0 Å². The second-order valence-electron chi connectivity index (χ2n) is 3.34. The van der Waals surface area contributed by atoms with Gasteiger partial charge in [-0.3, -0.25) is 0 Å². The van der Waals surface area contributed by atoms with E-state index in [1.807, 2.05) is 0 Å². The van der Waals surface area contributed by atoms with E-state index in [9.17, 15) is 4.39 Å². The number of nitrogens with one attached hydrogen (secondary N) is 1. The van der Waals surface area contributed by atoms with Gasteiger partial charge in [0.1, 0.15) is 5.82 Å². The van der Waals surface area contributed by atoms with Gasteiger partial charge in [-0.25, -0.2) is 4.39 Å². The summed E-state index contributed by atoms with van der Waals surface area (Å²) in [5.74, 6) is -0.188. The smallest absolute Gasteiger partial charge is 0.123 e. The van der Waals surface area contributed by atoms with Gasteiger partial charge in [-0.05, 0) is 30.7 Å². The normalized spacial score (nSPS) is 10.5. The van der Waals surface area contributed by atoms with Gasteiger partial charge < -0.3 is 10.1 Å². The molecule has 0 bridgehead atoms. The summed E-state index contributed by atoms with van der Waals surface area (Å²) in [5.41, 5.74) is 1.11. The minimum absolute atomic E-state index is 0.188. The Labute approximate surface area is 90.4 Å². The van der Waals surface area contributed by atoms with E-state index in [4.69, 9.17) is 4.74 Å². The third-order valence-electron chi connectivity index (χ3n) is 2.12. The van der Waals surface area contributed by atoms with Crippen molar-refractivity contribution in [1.82, 2.24) is 5.32 Å².